The highest BCUT2D eigenvalue weighted by Crippen LogP contribution is 2.09. The van der Waals surface area contributed by atoms with Gasteiger partial charge in [-0.3, -0.25) is 0 Å². The van der Waals surface area contributed by atoms with E-state index in [2.05, 4.69) is 15.1 Å². The third kappa shape index (κ3) is 1.94. The van der Waals surface area contributed by atoms with Gasteiger partial charge in [-0.05, 0) is 32.9 Å². The van der Waals surface area contributed by atoms with E-state index >= 15 is 0 Å². The molecule has 0 saturated heterocycles. The van der Waals surface area contributed by atoms with Gasteiger partial charge in [-0.2, -0.15) is 5.10 Å². The average molecular weight is 217 g/mol. The first-order chi connectivity index (χ1) is 7.60. The number of aryl methyl sites for hydroxylation is 3. The monoisotopic (exact) mass is 217 g/mol. The van der Waals surface area contributed by atoms with Gasteiger partial charge in [-0.1, -0.05) is 0 Å². The van der Waals surface area contributed by atoms with Crippen molar-refractivity contribution >= 4 is 0 Å². The molecule has 16 heavy (non-hydrogen) atoms. The second-order valence-electron chi connectivity index (χ2n) is 3.84. The summed E-state index contributed by atoms with van der Waals surface area (Å²) in [6.45, 7) is 6.27. The van der Waals surface area contributed by atoms with Gasteiger partial charge in [0.1, 0.15) is 0 Å². The molecular weight excluding hydrogens is 202 g/mol. The van der Waals surface area contributed by atoms with Crippen molar-refractivity contribution in [2.24, 2.45) is 5.73 Å². The van der Waals surface area contributed by atoms with E-state index in [0.717, 1.165) is 22.8 Å². The van der Waals surface area contributed by atoms with E-state index in [1.54, 1.807) is 4.68 Å². The van der Waals surface area contributed by atoms with E-state index in [4.69, 9.17) is 5.73 Å². The standard InChI is InChI=1S/C11H15N5/c1-7-5-10(6-12)14-11(13-7)16-9(3)4-8(2)15-16/h4-5H,6,12H2,1-3H3. The third-order valence-corrected chi connectivity index (χ3v) is 2.30. The number of nitrogens with zero attached hydrogens (tertiary/aromatic N) is 4. The van der Waals surface area contributed by atoms with Crippen molar-refractivity contribution in [2.75, 3.05) is 0 Å². The summed E-state index contributed by atoms with van der Waals surface area (Å²) in [6, 6.07) is 3.88. The lowest BCUT2D eigenvalue weighted by molar-refractivity contribution is 0.755. The van der Waals surface area contributed by atoms with E-state index in [0.29, 0.717) is 12.5 Å². The fourth-order valence-corrected chi connectivity index (χ4v) is 1.65. The van der Waals surface area contributed by atoms with Gasteiger partial charge in [0, 0.05) is 17.9 Å². The summed E-state index contributed by atoms with van der Waals surface area (Å²) in [6.07, 6.45) is 0. The molecule has 2 N–H and O–H groups in total. The summed E-state index contributed by atoms with van der Waals surface area (Å²) in [5.74, 6) is 0.589. The molecule has 0 aromatic carbocycles. The Kier molecular flexibility index (Phi) is 2.70. The number of aromatic nitrogens is 4. The lowest BCUT2D eigenvalue weighted by Crippen LogP contribution is -2.10. The Balaban J connectivity index is 2.55. The lowest BCUT2D eigenvalue weighted by Gasteiger charge is -2.05. The van der Waals surface area contributed by atoms with Crippen LogP contribution >= 0.6 is 0 Å². The van der Waals surface area contributed by atoms with Crippen LogP contribution in [0.15, 0.2) is 12.1 Å². The third-order valence-electron chi connectivity index (χ3n) is 2.30. The Morgan fingerprint density at radius 2 is 1.88 bits per heavy atom. The molecule has 0 aliphatic rings. The minimum Gasteiger partial charge on any atom is -0.325 e. The number of rotatable bonds is 2. The van der Waals surface area contributed by atoms with Crippen LogP contribution in [0.25, 0.3) is 5.95 Å². The van der Waals surface area contributed by atoms with Crippen molar-refractivity contribution in [1.29, 1.82) is 0 Å². The van der Waals surface area contributed by atoms with Crippen molar-refractivity contribution in [1.82, 2.24) is 19.7 Å². The molecule has 5 heteroatoms. The minimum absolute atomic E-state index is 0.412. The highest BCUT2D eigenvalue weighted by molar-refractivity contribution is 5.22. The molecule has 0 unspecified atom stereocenters. The molecular formula is C11H15N5. The molecule has 0 fully saturated rings. The first-order valence-electron chi connectivity index (χ1n) is 5.18. The molecule has 2 aromatic rings. The first-order valence-corrected chi connectivity index (χ1v) is 5.18. The Morgan fingerprint density at radius 1 is 1.12 bits per heavy atom. The van der Waals surface area contributed by atoms with Crippen molar-refractivity contribution in [2.45, 2.75) is 27.3 Å². The fraction of sp³-hybridized carbons (Fsp3) is 0.364. The second kappa shape index (κ2) is 4.02. The normalized spacial score (nSPS) is 10.8. The summed E-state index contributed by atoms with van der Waals surface area (Å²) >= 11 is 0. The lowest BCUT2D eigenvalue weighted by atomic mass is 10.3. The topological polar surface area (TPSA) is 69.6 Å². The maximum absolute atomic E-state index is 5.59. The van der Waals surface area contributed by atoms with Gasteiger partial charge in [0.15, 0.2) is 0 Å². The van der Waals surface area contributed by atoms with E-state index in [-0.39, 0.29) is 0 Å². The van der Waals surface area contributed by atoms with Gasteiger partial charge in [-0.25, -0.2) is 14.6 Å². The maximum atomic E-state index is 5.59. The summed E-state index contributed by atoms with van der Waals surface area (Å²) in [5.41, 5.74) is 9.29. The molecule has 0 aliphatic carbocycles. The van der Waals surface area contributed by atoms with Crippen LogP contribution in [0.3, 0.4) is 0 Å². The predicted molar refractivity (Wildman–Crippen MR) is 61.3 cm³/mol. The van der Waals surface area contributed by atoms with Crippen LogP contribution in [0.4, 0.5) is 0 Å². The Bertz CT molecular complexity index is 515. The van der Waals surface area contributed by atoms with Crippen LogP contribution in [-0.4, -0.2) is 19.7 Å². The summed E-state index contributed by atoms with van der Waals surface area (Å²) < 4.78 is 1.74. The predicted octanol–water partition coefficient (Wildman–Crippen LogP) is 1.05. The Morgan fingerprint density at radius 3 is 2.44 bits per heavy atom. The van der Waals surface area contributed by atoms with Crippen LogP contribution in [0.1, 0.15) is 22.8 Å². The van der Waals surface area contributed by atoms with E-state index < -0.39 is 0 Å². The molecule has 0 spiro atoms. The SMILES string of the molecule is Cc1cc(CN)nc(-n2nc(C)cc2C)n1. The first kappa shape index (κ1) is 10.8. The fourth-order valence-electron chi connectivity index (χ4n) is 1.65. The molecule has 0 aliphatic heterocycles. The van der Waals surface area contributed by atoms with Crippen LogP contribution < -0.4 is 5.73 Å². The van der Waals surface area contributed by atoms with Crippen molar-refractivity contribution < 1.29 is 0 Å². The van der Waals surface area contributed by atoms with E-state index in [1.165, 1.54) is 0 Å². The number of nitrogens with two attached hydrogens (primary N) is 1. The zero-order valence-electron chi connectivity index (χ0n) is 9.73. The smallest absolute Gasteiger partial charge is 0.251 e. The average Bonchev–Trinajstić information content (AvgIpc) is 2.57. The van der Waals surface area contributed by atoms with Crippen LogP contribution in [0.2, 0.25) is 0 Å². The van der Waals surface area contributed by atoms with E-state index in [1.807, 2.05) is 32.9 Å². The van der Waals surface area contributed by atoms with Crippen LogP contribution in [-0.2, 0) is 6.54 Å². The Labute approximate surface area is 94.3 Å². The minimum atomic E-state index is 0.412. The molecule has 2 aromatic heterocycles. The molecule has 0 saturated carbocycles. The quantitative estimate of drug-likeness (QED) is 0.816. The zero-order chi connectivity index (χ0) is 11.7. The van der Waals surface area contributed by atoms with Gasteiger partial charge < -0.3 is 5.73 Å². The van der Waals surface area contributed by atoms with Gasteiger partial charge in [-0.15, -0.1) is 0 Å². The molecule has 0 radical (unpaired) electrons. The number of hydrogen-bond donors (Lipinski definition) is 1. The largest absolute Gasteiger partial charge is 0.325 e. The van der Waals surface area contributed by atoms with Crippen molar-refractivity contribution in [3.05, 3.63) is 34.9 Å². The second-order valence-corrected chi connectivity index (χ2v) is 3.84. The molecule has 0 atom stereocenters. The van der Waals surface area contributed by atoms with Crippen molar-refractivity contribution in [3.8, 4) is 5.95 Å². The van der Waals surface area contributed by atoms with Gasteiger partial charge in [0.05, 0.1) is 11.4 Å². The summed E-state index contributed by atoms with van der Waals surface area (Å²) in [5, 5.41) is 4.35. The number of hydrogen-bond acceptors (Lipinski definition) is 4. The highest BCUT2D eigenvalue weighted by atomic mass is 15.4. The highest BCUT2D eigenvalue weighted by Gasteiger charge is 2.08. The molecule has 5 nitrogen and oxygen atoms in total. The van der Waals surface area contributed by atoms with Gasteiger partial charge >= 0.3 is 0 Å². The summed E-state index contributed by atoms with van der Waals surface area (Å²) in [7, 11) is 0. The molecule has 2 rings (SSSR count). The van der Waals surface area contributed by atoms with Gasteiger partial charge in [0.2, 0.25) is 0 Å². The zero-order valence-corrected chi connectivity index (χ0v) is 9.73. The van der Waals surface area contributed by atoms with Gasteiger partial charge in [0.25, 0.3) is 5.95 Å². The molecule has 0 amide bonds. The van der Waals surface area contributed by atoms with Crippen LogP contribution in [0.5, 0.6) is 0 Å². The summed E-state index contributed by atoms with van der Waals surface area (Å²) in [4.78, 5) is 8.72. The van der Waals surface area contributed by atoms with E-state index in [9.17, 15) is 0 Å². The molecule has 2 heterocycles. The maximum Gasteiger partial charge on any atom is 0.251 e. The van der Waals surface area contributed by atoms with Crippen LogP contribution in [0, 0.1) is 20.8 Å². The van der Waals surface area contributed by atoms with Crippen molar-refractivity contribution in [3.63, 3.8) is 0 Å². The Hall–Kier alpha value is -1.75. The molecule has 84 valence electrons. The molecule has 0 bridgehead atoms.